The van der Waals surface area contributed by atoms with E-state index in [4.69, 9.17) is 0 Å². The van der Waals surface area contributed by atoms with Crippen LogP contribution in [0.2, 0.25) is 0 Å². The van der Waals surface area contributed by atoms with Gasteiger partial charge in [-0.25, -0.2) is 4.21 Å². The zero-order chi connectivity index (χ0) is 15.0. The number of hydrogen-bond acceptors (Lipinski definition) is 2. The van der Waals surface area contributed by atoms with Crippen LogP contribution in [0, 0.1) is 0 Å². The molecule has 3 N–H and O–H groups in total. The van der Waals surface area contributed by atoms with Crippen LogP contribution in [0.25, 0.3) is 16.6 Å². The van der Waals surface area contributed by atoms with Crippen LogP contribution in [0.3, 0.4) is 0 Å². The Labute approximate surface area is 123 Å². The Morgan fingerprint density at radius 3 is 2.81 bits per heavy atom. The van der Waals surface area contributed by atoms with Crippen molar-refractivity contribution in [2.75, 3.05) is 7.05 Å². The number of H-pyrrole nitrogens is 1. The zero-order valence-electron chi connectivity index (χ0n) is 11.2. The van der Waals surface area contributed by atoms with Gasteiger partial charge < -0.3 is 19.4 Å². The number of carbonyl (C=O) groups excluding carboxylic acids is 1. The minimum absolute atomic E-state index is 0.251. The summed E-state index contributed by atoms with van der Waals surface area (Å²) in [4.78, 5) is 15.3. The lowest BCUT2D eigenvalue weighted by Crippen LogP contribution is -2.21. The van der Waals surface area contributed by atoms with Crippen molar-refractivity contribution < 1.29 is 13.6 Å². The predicted octanol–water partition coefficient (Wildman–Crippen LogP) is 1.90. The van der Waals surface area contributed by atoms with Crippen LogP contribution < -0.4 is 5.32 Å². The third kappa shape index (κ3) is 2.16. The van der Waals surface area contributed by atoms with Crippen molar-refractivity contribution in [1.29, 1.82) is 0 Å². The molecule has 0 spiro atoms. The largest absolute Gasteiger partial charge is 0.365 e. The molecule has 2 heterocycles. The van der Waals surface area contributed by atoms with Crippen LogP contribution in [-0.2, 0) is 11.1 Å². The molecule has 0 aliphatic heterocycles. The van der Waals surface area contributed by atoms with Crippen molar-refractivity contribution in [3.8, 4) is 5.69 Å². The first kappa shape index (κ1) is 13.6. The van der Waals surface area contributed by atoms with Crippen LogP contribution in [0.4, 0.5) is 0 Å². The number of aromatic amines is 1. The zero-order valence-corrected chi connectivity index (χ0v) is 12.0. The van der Waals surface area contributed by atoms with Crippen LogP contribution in [0.1, 0.15) is 10.5 Å². The lowest BCUT2D eigenvalue weighted by atomic mass is 10.3. The molecule has 6 nitrogen and oxygen atoms in total. The first-order valence-corrected chi connectivity index (χ1v) is 7.34. The smallest absolute Gasteiger partial charge is 0.268 e. The molecule has 1 amide bonds. The topological polar surface area (TPSA) is 87.1 Å². The highest BCUT2D eigenvalue weighted by Gasteiger charge is 2.19. The standard InChI is InChI=1S/C14H13N3O3S/c1-15-14(18)11-6-9-7-16-8-12(9)17(11)10-4-2-3-5-13(10)21(19)20/h2-8,16H,1H3,(H,15,18)(H,19,20). The molecule has 0 saturated heterocycles. The van der Waals surface area contributed by atoms with Gasteiger partial charge in [0.05, 0.1) is 16.1 Å². The minimum Gasteiger partial charge on any atom is -0.365 e. The van der Waals surface area contributed by atoms with Gasteiger partial charge in [-0.2, -0.15) is 0 Å². The first-order valence-electron chi connectivity index (χ1n) is 6.24. The van der Waals surface area contributed by atoms with Gasteiger partial charge in [0.15, 0.2) is 11.1 Å². The maximum absolute atomic E-state index is 12.1. The summed E-state index contributed by atoms with van der Waals surface area (Å²) in [6.45, 7) is 0. The van der Waals surface area contributed by atoms with Gasteiger partial charge in [0.2, 0.25) is 0 Å². The quantitative estimate of drug-likeness (QED) is 0.646. The van der Waals surface area contributed by atoms with E-state index >= 15 is 0 Å². The lowest BCUT2D eigenvalue weighted by Gasteiger charge is -2.12. The second-order valence-corrected chi connectivity index (χ2v) is 5.40. The molecular weight excluding hydrogens is 290 g/mol. The summed E-state index contributed by atoms with van der Waals surface area (Å²) in [5.41, 5.74) is 1.69. The summed E-state index contributed by atoms with van der Waals surface area (Å²) in [5.74, 6) is -0.260. The van der Waals surface area contributed by atoms with E-state index in [1.165, 1.54) is 0 Å². The van der Waals surface area contributed by atoms with Crippen molar-refractivity contribution in [3.63, 3.8) is 0 Å². The van der Waals surface area contributed by atoms with E-state index in [1.807, 2.05) is 0 Å². The Morgan fingerprint density at radius 2 is 2.10 bits per heavy atom. The van der Waals surface area contributed by atoms with Gasteiger partial charge in [-0.15, -0.1) is 0 Å². The van der Waals surface area contributed by atoms with Gasteiger partial charge >= 0.3 is 0 Å². The van der Waals surface area contributed by atoms with Gasteiger partial charge in [-0.3, -0.25) is 4.79 Å². The number of rotatable bonds is 3. The SMILES string of the molecule is CNC(=O)c1cc2c[nH]cc2n1-c1ccccc1S(=O)O. The number of para-hydroxylation sites is 1. The maximum atomic E-state index is 12.1. The average Bonchev–Trinajstić information content (AvgIpc) is 3.06. The predicted molar refractivity (Wildman–Crippen MR) is 80.1 cm³/mol. The Hall–Kier alpha value is -2.38. The summed E-state index contributed by atoms with van der Waals surface area (Å²) in [6, 6.07) is 8.46. The highest BCUT2D eigenvalue weighted by atomic mass is 32.2. The minimum atomic E-state index is -2.14. The molecule has 0 saturated carbocycles. The number of benzene rings is 1. The van der Waals surface area contributed by atoms with Crippen molar-refractivity contribution in [1.82, 2.24) is 14.9 Å². The average molecular weight is 303 g/mol. The third-order valence-corrected chi connectivity index (χ3v) is 4.00. The highest BCUT2D eigenvalue weighted by Crippen LogP contribution is 2.27. The highest BCUT2D eigenvalue weighted by molar-refractivity contribution is 7.79. The molecule has 0 radical (unpaired) electrons. The Bertz CT molecular complexity index is 850. The fourth-order valence-corrected chi connectivity index (χ4v) is 2.90. The van der Waals surface area contributed by atoms with E-state index in [2.05, 4.69) is 10.3 Å². The monoisotopic (exact) mass is 303 g/mol. The van der Waals surface area contributed by atoms with Crippen molar-refractivity contribution in [2.45, 2.75) is 4.90 Å². The molecule has 7 heteroatoms. The number of aromatic nitrogens is 2. The molecule has 2 aromatic heterocycles. The fraction of sp³-hybridized carbons (Fsp3) is 0.0714. The van der Waals surface area contributed by atoms with Crippen LogP contribution >= 0.6 is 0 Å². The molecule has 1 aromatic carbocycles. The molecular formula is C14H13N3O3S. The molecule has 0 aliphatic rings. The third-order valence-electron chi connectivity index (χ3n) is 3.28. The summed E-state index contributed by atoms with van der Waals surface area (Å²) in [7, 11) is 1.55. The number of amides is 1. The molecule has 108 valence electrons. The van der Waals surface area contributed by atoms with Crippen LogP contribution in [-0.4, -0.2) is 31.3 Å². The molecule has 0 aliphatic carbocycles. The maximum Gasteiger partial charge on any atom is 0.268 e. The summed E-state index contributed by atoms with van der Waals surface area (Å²) >= 11 is -2.14. The molecule has 0 bridgehead atoms. The number of carbonyl (C=O) groups is 1. The van der Waals surface area contributed by atoms with E-state index in [0.717, 1.165) is 10.9 Å². The Kier molecular flexibility index (Phi) is 3.36. The van der Waals surface area contributed by atoms with Crippen LogP contribution in [0.15, 0.2) is 47.6 Å². The van der Waals surface area contributed by atoms with E-state index < -0.39 is 11.1 Å². The van der Waals surface area contributed by atoms with Crippen molar-refractivity contribution in [2.24, 2.45) is 0 Å². The summed E-state index contributed by atoms with van der Waals surface area (Å²) in [5, 5.41) is 3.44. The number of nitrogens with one attached hydrogen (secondary N) is 2. The number of fused-ring (bicyclic) bond motifs is 1. The second-order valence-electron chi connectivity index (χ2n) is 4.46. The normalized spacial score (nSPS) is 12.5. The van der Waals surface area contributed by atoms with E-state index in [9.17, 15) is 13.6 Å². The van der Waals surface area contributed by atoms with Gasteiger partial charge in [0, 0.05) is 24.8 Å². The second kappa shape index (κ2) is 5.19. The van der Waals surface area contributed by atoms with Crippen molar-refractivity contribution in [3.05, 3.63) is 48.4 Å². The van der Waals surface area contributed by atoms with Gasteiger partial charge in [0.25, 0.3) is 5.91 Å². The van der Waals surface area contributed by atoms with Crippen molar-refractivity contribution >= 4 is 27.9 Å². The summed E-state index contributed by atoms with van der Waals surface area (Å²) in [6.07, 6.45) is 3.52. The Balaban J connectivity index is 2.36. The van der Waals surface area contributed by atoms with Crippen LogP contribution in [0.5, 0.6) is 0 Å². The number of nitrogens with zero attached hydrogens (tertiary/aromatic N) is 1. The van der Waals surface area contributed by atoms with Gasteiger partial charge in [-0.05, 0) is 18.2 Å². The summed E-state index contributed by atoms with van der Waals surface area (Å²) < 4.78 is 22.7. The van der Waals surface area contributed by atoms with Gasteiger partial charge in [-0.1, -0.05) is 12.1 Å². The molecule has 1 atom stereocenters. The Morgan fingerprint density at radius 1 is 1.33 bits per heavy atom. The molecule has 0 fully saturated rings. The van der Waals surface area contributed by atoms with E-state index in [1.54, 1.807) is 54.3 Å². The molecule has 1 unspecified atom stereocenters. The lowest BCUT2D eigenvalue weighted by molar-refractivity contribution is 0.0956. The van der Waals surface area contributed by atoms with Gasteiger partial charge in [0.1, 0.15) is 5.69 Å². The fourth-order valence-electron chi connectivity index (χ4n) is 2.36. The van der Waals surface area contributed by atoms with E-state index in [0.29, 0.717) is 11.4 Å². The molecule has 3 aromatic rings. The first-order chi connectivity index (χ1) is 10.1. The molecule has 21 heavy (non-hydrogen) atoms. The number of hydrogen-bond donors (Lipinski definition) is 3. The molecule has 3 rings (SSSR count). The van der Waals surface area contributed by atoms with E-state index in [-0.39, 0.29) is 10.8 Å².